The predicted octanol–water partition coefficient (Wildman–Crippen LogP) is 1.56. The van der Waals surface area contributed by atoms with E-state index >= 15 is 0 Å². The van der Waals surface area contributed by atoms with Gasteiger partial charge in [0.15, 0.2) is 0 Å². The van der Waals surface area contributed by atoms with Crippen molar-refractivity contribution >= 4 is 21.4 Å². The molecule has 0 aromatic carbocycles. The van der Waals surface area contributed by atoms with Gasteiger partial charge in [-0.25, -0.2) is 13.1 Å². The molecule has 0 spiro atoms. The highest BCUT2D eigenvalue weighted by molar-refractivity contribution is 7.89. The van der Waals surface area contributed by atoms with Gasteiger partial charge in [-0.2, -0.15) is 0 Å². The van der Waals surface area contributed by atoms with Crippen LogP contribution in [0.15, 0.2) is 16.3 Å². The van der Waals surface area contributed by atoms with E-state index in [2.05, 4.69) is 10.0 Å². The zero-order valence-corrected chi connectivity index (χ0v) is 13.2. The summed E-state index contributed by atoms with van der Waals surface area (Å²) in [5, 5.41) is 4.84. The number of ether oxygens (including phenoxy) is 1. The topological polar surface area (TPSA) is 67.4 Å². The molecule has 1 atom stereocenters. The van der Waals surface area contributed by atoms with Crippen LogP contribution in [0.4, 0.5) is 0 Å². The molecule has 0 saturated heterocycles. The number of hydrogen-bond donors (Lipinski definition) is 2. The average Bonchev–Trinajstić information content (AvgIpc) is 2.84. The van der Waals surface area contributed by atoms with Crippen LogP contribution in [0.3, 0.4) is 0 Å². The van der Waals surface area contributed by atoms with Crippen LogP contribution in [0.25, 0.3) is 0 Å². The van der Waals surface area contributed by atoms with Crippen LogP contribution in [-0.4, -0.2) is 34.2 Å². The van der Waals surface area contributed by atoms with E-state index in [-0.39, 0.29) is 12.6 Å². The molecule has 19 heavy (non-hydrogen) atoms. The number of thiophene rings is 1. The summed E-state index contributed by atoms with van der Waals surface area (Å²) in [6.07, 6.45) is -0.125. The quantitative estimate of drug-likeness (QED) is 0.726. The smallest absolute Gasteiger partial charge is 0.241 e. The van der Waals surface area contributed by atoms with E-state index in [1.807, 2.05) is 20.8 Å². The van der Waals surface area contributed by atoms with E-state index in [0.717, 1.165) is 11.4 Å². The third-order valence-electron chi connectivity index (χ3n) is 2.50. The summed E-state index contributed by atoms with van der Waals surface area (Å²) in [6, 6.07) is 1.71. The van der Waals surface area contributed by atoms with Crippen LogP contribution in [0.1, 0.15) is 25.6 Å². The molecule has 0 radical (unpaired) electrons. The van der Waals surface area contributed by atoms with Crippen LogP contribution < -0.4 is 10.0 Å². The van der Waals surface area contributed by atoms with Crippen LogP contribution >= 0.6 is 11.3 Å². The Morgan fingerprint density at radius 2 is 2.16 bits per heavy atom. The van der Waals surface area contributed by atoms with Gasteiger partial charge in [0.25, 0.3) is 0 Å². The van der Waals surface area contributed by atoms with Gasteiger partial charge in [0.1, 0.15) is 0 Å². The normalized spacial score (nSPS) is 13.6. The van der Waals surface area contributed by atoms with Crippen molar-refractivity contribution in [2.75, 3.05) is 19.7 Å². The molecule has 0 aliphatic rings. The first kappa shape index (κ1) is 16.6. The van der Waals surface area contributed by atoms with Gasteiger partial charge in [-0.3, -0.25) is 0 Å². The van der Waals surface area contributed by atoms with Gasteiger partial charge in [0.05, 0.1) is 11.0 Å². The summed E-state index contributed by atoms with van der Waals surface area (Å²) in [5.41, 5.74) is 0. The summed E-state index contributed by atoms with van der Waals surface area (Å²) in [6.45, 7) is 8.17. The van der Waals surface area contributed by atoms with E-state index in [1.165, 1.54) is 11.3 Å². The van der Waals surface area contributed by atoms with Gasteiger partial charge in [-0.05, 0) is 26.5 Å². The highest BCUT2D eigenvalue weighted by Crippen LogP contribution is 2.19. The lowest BCUT2D eigenvalue weighted by atomic mass is 10.4. The first-order chi connectivity index (χ1) is 8.99. The van der Waals surface area contributed by atoms with E-state index in [9.17, 15) is 8.42 Å². The second-order valence-corrected chi connectivity index (χ2v) is 6.91. The second-order valence-electron chi connectivity index (χ2n) is 4.15. The number of rotatable bonds is 9. The molecule has 0 aliphatic heterocycles. The van der Waals surface area contributed by atoms with Crippen LogP contribution in [0.2, 0.25) is 0 Å². The zero-order chi connectivity index (χ0) is 14.3. The third kappa shape index (κ3) is 5.58. The monoisotopic (exact) mass is 306 g/mol. The molecule has 0 amide bonds. The van der Waals surface area contributed by atoms with Crippen molar-refractivity contribution in [3.05, 3.63) is 16.3 Å². The Labute approximate surface area is 119 Å². The Kier molecular flexibility index (Phi) is 6.95. The standard InChI is InChI=1S/C12H22N2O3S2/c1-4-13-8-11-6-12(9-18-11)19(15,16)14-7-10(3)17-5-2/h6,9-10,13-14H,4-5,7-8H2,1-3H3. The Morgan fingerprint density at radius 1 is 1.42 bits per heavy atom. The summed E-state index contributed by atoms with van der Waals surface area (Å²) in [5.74, 6) is 0. The minimum atomic E-state index is -3.43. The minimum absolute atomic E-state index is 0.125. The SMILES string of the molecule is CCNCc1cc(S(=O)(=O)NCC(C)OCC)cs1. The average molecular weight is 306 g/mol. The van der Waals surface area contributed by atoms with Crippen molar-refractivity contribution in [2.45, 2.75) is 38.3 Å². The molecule has 110 valence electrons. The van der Waals surface area contributed by atoms with Crippen LogP contribution in [0.5, 0.6) is 0 Å². The molecule has 1 heterocycles. The first-order valence-corrected chi connectivity index (χ1v) is 8.75. The largest absolute Gasteiger partial charge is 0.377 e. The maximum Gasteiger partial charge on any atom is 0.241 e. The Balaban J connectivity index is 2.59. The van der Waals surface area contributed by atoms with Gasteiger partial charge >= 0.3 is 0 Å². The lowest BCUT2D eigenvalue weighted by molar-refractivity contribution is 0.0799. The van der Waals surface area contributed by atoms with Crippen molar-refractivity contribution in [2.24, 2.45) is 0 Å². The molecule has 5 nitrogen and oxygen atoms in total. The molecule has 2 N–H and O–H groups in total. The highest BCUT2D eigenvalue weighted by atomic mass is 32.2. The summed E-state index contributed by atoms with van der Waals surface area (Å²) >= 11 is 1.45. The van der Waals surface area contributed by atoms with Crippen molar-refractivity contribution < 1.29 is 13.2 Å². The molecule has 1 rings (SSSR count). The lowest BCUT2D eigenvalue weighted by Crippen LogP contribution is -2.32. The third-order valence-corrected chi connectivity index (χ3v) is 4.99. The van der Waals surface area contributed by atoms with Gasteiger partial charge < -0.3 is 10.1 Å². The molecular formula is C12H22N2O3S2. The second kappa shape index (κ2) is 7.96. The maximum atomic E-state index is 12.0. The highest BCUT2D eigenvalue weighted by Gasteiger charge is 2.17. The van der Waals surface area contributed by atoms with Crippen molar-refractivity contribution in [1.82, 2.24) is 10.0 Å². The molecule has 7 heteroatoms. The Morgan fingerprint density at radius 3 is 2.79 bits per heavy atom. The summed E-state index contributed by atoms with van der Waals surface area (Å²) in [4.78, 5) is 1.34. The molecule has 1 aromatic heterocycles. The summed E-state index contributed by atoms with van der Waals surface area (Å²) in [7, 11) is -3.43. The van der Waals surface area contributed by atoms with E-state index in [0.29, 0.717) is 18.0 Å². The summed E-state index contributed by atoms with van der Waals surface area (Å²) < 4.78 is 32.0. The first-order valence-electron chi connectivity index (χ1n) is 6.39. The van der Waals surface area contributed by atoms with Gasteiger partial charge in [-0.1, -0.05) is 6.92 Å². The molecule has 0 saturated carbocycles. The molecule has 1 unspecified atom stereocenters. The predicted molar refractivity (Wildman–Crippen MR) is 78.0 cm³/mol. The van der Waals surface area contributed by atoms with Crippen molar-refractivity contribution in [3.63, 3.8) is 0 Å². The van der Waals surface area contributed by atoms with Crippen molar-refractivity contribution in [1.29, 1.82) is 0 Å². The zero-order valence-electron chi connectivity index (χ0n) is 11.6. The van der Waals surface area contributed by atoms with Gasteiger partial charge in [0, 0.05) is 30.0 Å². The lowest BCUT2D eigenvalue weighted by Gasteiger charge is -2.12. The molecule has 0 aliphatic carbocycles. The van der Waals surface area contributed by atoms with E-state index in [1.54, 1.807) is 11.4 Å². The maximum absolute atomic E-state index is 12.0. The fraction of sp³-hybridized carbons (Fsp3) is 0.667. The minimum Gasteiger partial charge on any atom is -0.377 e. The molecule has 0 bridgehead atoms. The Hall–Kier alpha value is -0.470. The van der Waals surface area contributed by atoms with Crippen LogP contribution in [-0.2, 0) is 21.3 Å². The van der Waals surface area contributed by atoms with E-state index < -0.39 is 10.0 Å². The molecular weight excluding hydrogens is 284 g/mol. The van der Waals surface area contributed by atoms with Gasteiger partial charge in [-0.15, -0.1) is 11.3 Å². The molecule has 1 aromatic rings. The number of nitrogens with one attached hydrogen (secondary N) is 2. The fourth-order valence-corrected chi connectivity index (χ4v) is 3.86. The Bertz CT molecular complexity index is 471. The van der Waals surface area contributed by atoms with E-state index in [4.69, 9.17) is 4.74 Å². The van der Waals surface area contributed by atoms with Crippen molar-refractivity contribution in [3.8, 4) is 0 Å². The fourth-order valence-electron chi connectivity index (χ4n) is 1.50. The number of hydrogen-bond acceptors (Lipinski definition) is 5. The van der Waals surface area contributed by atoms with Gasteiger partial charge in [0.2, 0.25) is 10.0 Å². The number of sulfonamides is 1. The molecule has 0 fully saturated rings. The van der Waals surface area contributed by atoms with Crippen LogP contribution in [0, 0.1) is 0 Å².